The zero-order valence-corrected chi connectivity index (χ0v) is 21.3. The van der Waals surface area contributed by atoms with E-state index in [4.69, 9.17) is 9.47 Å². The predicted octanol–water partition coefficient (Wildman–Crippen LogP) is 4.81. The summed E-state index contributed by atoms with van der Waals surface area (Å²) in [4.78, 5) is 26.0. The van der Waals surface area contributed by atoms with Gasteiger partial charge in [-0.25, -0.2) is 0 Å². The normalized spacial score (nSPS) is 15.8. The summed E-state index contributed by atoms with van der Waals surface area (Å²) in [6.45, 7) is 6.04. The highest BCUT2D eigenvalue weighted by Gasteiger charge is 2.51. The Morgan fingerprint density at radius 1 is 0.973 bits per heavy atom. The average molecular weight is 501 g/mol. The van der Waals surface area contributed by atoms with Crippen molar-refractivity contribution in [3.8, 4) is 22.6 Å². The molecule has 0 radical (unpaired) electrons. The van der Waals surface area contributed by atoms with Crippen LogP contribution in [0.25, 0.3) is 11.1 Å². The van der Waals surface area contributed by atoms with Gasteiger partial charge in [-0.2, -0.15) is 0 Å². The van der Waals surface area contributed by atoms with Crippen LogP contribution in [0, 0.1) is 12.8 Å². The van der Waals surface area contributed by atoms with E-state index >= 15 is 0 Å². The summed E-state index contributed by atoms with van der Waals surface area (Å²) in [6.07, 6.45) is 1.57. The lowest BCUT2D eigenvalue weighted by molar-refractivity contribution is -0.118. The number of anilines is 1. The number of nitrogens with one attached hydrogen (secondary N) is 2. The lowest BCUT2D eigenvalue weighted by atomic mass is 9.94. The van der Waals surface area contributed by atoms with Gasteiger partial charge in [-0.05, 0) is 84.3 Å². The molecule has 3 N–H and O–H groups in total. The summed E-state index contributed by atoms with van der Waals surface area (Å²) in [5.74, 6) is 1.28. The first kappa shape index (κ1) is 24.8. The van der Waals surface area contributed by atoms with Gasteiger partial charge in [0.15, 0.2) is 11.5 Å². The molecule has 0 bridgehead atoms. The summed E-state index contributed by atoms with van der Waals surface area (Å²) in [5, 5.41) is 15.5. The zero-order chi connectivity index (χ0) is 26.2. The first-order valence-corrected chi connectivity index (χ1v) is 12.6. The van der Waals surface area contributed by atoms with Crippen molar-refractivity contribution < 1.29 is 24.2 Å². The summed E-state index contributed by atoms with van der Waals surface area (Å²) < 4.78 is 10.9. The Bertz CT molecular complexity index is 1330. The van der Waals surface area contributed by atoms with E-state index < -0.39 is 5.41 Å². The van der Waals surface area contributed by atoms with Crippen LogP contribution in [0.1, 0.15) is 48.2 Å². The number of hydrogen-bond acceptors (Lipinski definition) is 5. The van der Waals surface area contributed by atoms with Gasteiger partial charge in [0, 0.05) is 11.3 Å². The third-order valence-corrected chi connectivity index (χ3v) is 7.38. The Morgan fingerprint density at radius 3 is 2.38 bits per heavy atom. The summed E-state index contributed by atoms with van der Waals surface area (Å²) >= 11 is 0. The number of rotatable bonds is 8. The topological polar surface area (TPSA) is 96.9 Å². The average Bonchev–Trinajstić information content (AvgIpc) is 3.58. The fourth-order valence-corrected chi connectivity index (χ4v) is 4.70. The number of hydrogen-bond donors (Lipinski definition) is 3. The molecule has 1 heterocycles. The Morgan fingerprint density at radius 2 is 1.70 bits per heavy atom. The molecule has 7 heteroatoms. The van der Waals surface area contributed by atoms with E-state index in [0.717, 1.165) is 40.8 Å². The van der Waals surface area contributed by atoms with Crippen molar-refractivity contribution >= 4 is 17.5 Å². The van der Waals surface area contributed by atoms with E-state index in [1.54, 1.807) is 12.1 Å². The Hall–Kier alpha value is -3.84. The number of fused-ring (bicyclic) bond motifs is 1. The van der Waals surface area contributed by atoms with Crippen LogP contribution < -0.4 is 20.1 Å². The van der Waals surface area contributed by atoms with E-state index in [2.05, 4.69) is 10.6 Å². The molecule has 1 aliphatic heterocycles. The monoisotopic (exact) mass is 500 g/mol. The maximum atomic E-state index is 13.4. The molecule has 0 aromatic heterocycles. The maximum Gasteiger partial charge on any atom is 0.251 e. The van der Waals surface area contributed by atoms with E-state index in [0.29, 0.717) is 17.1 Å². The zero-order valence-electron chi connectivity index (χ0n) is 21.3. The molecule has 0 saturated heterocycles. The molecule has 7 nitrogen and oxygen atoms in total. The van der Waals surface area contributed by atoms with E-state index in [1.165, 1.54) is 0 Å². The molecular formula is C30H32N2O5. The second kappa shape index (κ2) is 9.90. The van der Waals surface area contributed by atoms with Crippen LogP contribution in [0.2, 0.25) is 0 Å². The number of carbonyl (C=O) groups is 2. The van der Waals surface area contributed by atoms with Crippen molar-refractivity contribution in [1.82, 2.24) is 5.32 Å². The molecule has 37 heavy (non-hydrogen) atoms. The van der Waals surface area contributed by atoms with Gasteiger partial charge in [0.25, 0.3) is 5.91 Å². The molecule has 192 valence electrons. The lowest BCUT2D eigenvalue weighted by Gasteiger charge is -2.20. The van der Waals surface area contributed by atoms with Crippen molar-refractivity contribution in [3.05, 3.63) is 77.4 Å². The first-order chi connectivity index (χ1) is 17.8. The van der Waals surface area contributed by atoms with Gasteiger partial charge >= 0.3 is 0 Å². The van der Waals surface area contributed by atoms with Gasteiger partial charge < -0.3 is 25.2 Å². The molecule has 3 aromatic rings. The van der Waals surface area contributed by atoms with Crippen LogP contribution in [0.3, 0.4) is 0 Å². The van der Waals surface area contributed by atoms with Crippen molar-refractivity contribution in [2.24, 2.45) is 5.92 Å². The number of aliphatic hydroxyl groups is 1. The van der Waals surface area contributed by atoms with Crippen molar-refractivity contribution in [2.45, 2.75) is 45.1 Å². The van der Waals surface area contributed by atoms with Crippen LogP contribution >= 0.6 is 0 Å². The van der Waals surface area contributed by atoms with Crippen LogP contribution in [-0.4, -0.2) is 36.4 Å². The quantitative estimate of drug-likeness (QED) is 0.413. The molecule has 1 atom stereocenters. The minimum absolute atomic E-state index is 0.0308. The molecular weight excluding hydrogens is 468 g/mol. The SMILES string of the molecule is Cc1ccc(NC(=O)C2(c3ccc4c(c3)OCO4)CC2)cc1-c1ccc(C(=O)N[C@@H](CO)C(C)C)cc1. The highest BCUT2D eigenvalue weighted by atomic mass is 16.7. The van der Waals surface area contributed by atoms with Crippen LogP contribution in [0.15, 0.2) is 60.7 Å². The number of aryl methyl sites for hydroxylation is 1. The Kier molecular flexibility index (Phi) is 6.65. The molecule has 1 aliphatic carbocycles. The fourth-order valence-electron chi connectivity index (χ4n) is 4.70. The minimum Gasteiger partial charge on any atom is -0.454 e. The Labute approximate surface area is 216 Å². The minimum atomic E-state index is -0.552. The van der Waals surface area contributed by atoms with Gasteiger partial charge in [0.1, 0.15) is 0 Å². The largest absolute Gasteiger partial charge is 0.454 e. The Balaban J connectivity index is 1.32. The number of benzene rings is 3. The molecule has 0 unspecified atom stereocenters. The van der Waals surface area contributed by atoms with Crippen molar-refractivity contribution in [1.29, 1.82) is 0 Å². The fraction of sp³-hybridized carbons (Fsp3) is 0.333. The van der Waals surface area contributed by atoms with Crippen LogP contribution in [-0.2, 0) is 10.2 Å². The second-order valence-electron chi connectivity index (χ2n) is 10.2. The van der Waals surface area contributed by atoms with Gasteiger partial charge in [-0.1, -0.05) is 38.1 Å². The predicted molar refractivity (Wildman–Crippen MR) is 142 cm³/mol. The van der Waals surface area contributed by atoms with Crippen LogP contribution in [0.4, 0.5) is 5.69 Å². The standard InChI is InChI=1S/C30H32N2O5/c1-18(2)25(16-33)32-28(34)21-7-5-20(6-8-21)24-15-23(10-4-19(24)3)31-29(35)30(12-13-30)22-9-11-26-27(14-22)37-17-36-26/h4-11,14-15,18,25,33H,12-13,16-17H2,1-3H3,(H,31,35)(H,32,34)/t25-/m0/s1. The highest BCUT2D eigenvalue weighted by molar-refractivity contribution is 6.02. The van der Waals surface area contributed by atoms with Gasteiger partial charge in [0.2, 0.25) is 12.7 Å². The van der Waals surface area contributed by atoms with E-state index in [-0.39, 0.29) is 37.2 Å². The summed E-state index contributed by atoms with van der Waals surface area (Å²) in [6, 6.07) is 18.7. The number of amides is 2. The molecule has 1 saturated carbocycles. The van der Waals surface area contributed by atoms with Gasteiger partial charge in [-0.3, -0.25) is 9.59 Å². The maximum absolute atomic E-state index is 13.4. The molecule has 1 fully saturated rings. The molecule has 2 amide bonds. The summed E-state index contributed by atoms with van der Waals surface area (Å²) in [7, 11) is 0. The summed E-state index contributed by atoms with van der Waals surface area (Å²) in [5.41, 5.74) is 4.64. The third-order valence-electron chi connectivity index (χ3n) is 7.38. The second-order valence-corrected chi connectivity index (χ2v) is 10.2. The van der Waals surface area contributed by atoms with E-state index in [1.807, 2.05) is 69.3 Å². The number of carbonyl (C=O) groups excluding carboxylic acids is 2. The van der Waals surface area contributed by atoms with Crippen molar-refractivity contribution in [3.63, 3.8) is 0 Å². The van der Waals surface area contributed by atoms with Gasteiger partial charge in [-0.15, -0.1) is 0 Å². The molecule has 5 rings (SSSR count). The number of ether oxygens (including phenoxy) is 2. The lowest BCUT2D eigenvalue weighted by Crippen LogP contribution is -2.41. The van der Waals surface area contributed by atoms with Crippen LogP contribution in [0.5, 0.6) is 11.5 Å². The number of aliphatic hydroxyl groups excluding tert-OH is 1. The molecule has 3 aromatic carbocycles. The van der Waals surface area contributed by atoms with Gasteiger partial charge in [0.05, 0.1) is 18.1 Å². The first-order valence-electron chi connectivity index (χ1n) is 12.6. The smallest absolute Gasteiger partial charge is 0.251 e. The van der Waals surface area contributed by atoms with Crippen molar-refractivity contribution in [2.75, 3.05) is 18.7 Å². The van der Waals surface area contributed by atoms with E-state index in [9.17, 15) is 14.7 Å². The molecule has 0 spiro atoms. The molecule has 2 aliphatic rings. The third kappa shape index (κ3) is 4.91. The highest BCUT2D eigenvalue weighted by Crippen LogP contribution is 2.51.